The van der Waals surface area contributed by atoms with Crippen LogP contribution in [0.5, 0.6) is 0 Å². The number of halogens is 2. The maximum atomic E-state index is 13.1. The summed E-state index contributed by atoms with van der Waals surface area (Å²) in [6.07, 6.45) is 0.650. The summed E-state index contributed by atoms with van der Waals surface area (Å²) in [5.41, 5.74) is 0.904. The van der Waals surface area contributed by atoms with Crippen LogP contribution >= 0.6 is 15.9 Å². The monoisotopic (exact) mass is 335 g/mol. The molecule has 1 aromatic carbocycles. The quantitative estimate of drug-likeness (QED) is 0.921. The summed E-state index contributed by atoms with van der Waals surface area (Å²) >= 11 is 3.33. The second-order valence-corrected chi connectivity index (χ2v) is 7.68. The van der Waals surface area contributed by atoms with Crippen molar-refractivity contribution >= 4 is 25.8 Å². The molecule has 3 nitrogen and oxygen atoms in total. The van der Waals surface area contributed by atoms with Gasteiger partial charge >= 0.3 is 0 Å². The van der Waals surface area contributed by atoms with Gasteiger partial charge in [-0.15, -0.1) is 0 Å². The average molecular weight is 336 g/mol. The molecule has 2 unspecified atom stereocenters. The zero-order chi connectivity index (χ0) is 13.3. The summed E-state index contributed by atoms with van der Waals surface area (Å²) < 4.78 is 36.8. The summed E-state index contributed by atoms with van der Waals surface area (Å²) in [4.78, 5) is 0. The zero-order valence-corrected chi connectivity index (χ0v) is 12.4. The number of benzene rings is 1. The number of hydrogen-bond donors (Lipinski definition) is 1. The molecule has 0 aromatic heterocycles. The lowest BCUT2D eigenvalue weighted by Crippen LogP contribution is -2.26. The Hall–Kier alpha value is -0.460. The van der Waals surface area contributed by atoms with Crippen molar-refractivity contribution in [2.24, 2.45) is 5.92 Å². The molecule has 0 amide bonds. The summed E-state index contributed by atoms with van der Waals surface area (Å²) in [5.74, 6) is 0.179. The van der Waals surface area contributed by atoms with Gasteiger partial charge in [0.05, 0.1) is 11.5 Å². The second-order valence-electron chi connectivity index (χ2n) is 4.60. The molecular weight excluding hydrogens is 321 g/mol. The van der Waals surface area contributed by atoms with Gasteiger partial charge in [0.1, 0.15) is 5.82 Å². The van der Waals surface area contributed by atoms with E-state index in [1.807, 2.05) is 0 Å². The normalized spacial score (nSPS) is 24.1. The number of rotatable bonds is 3. The van der Waals surface area contributed by atoms with Gasteiger partial charge in [-0.3, -0.25) is 0 Å². The Bertz CT molecular complexity index is 547. The van der Waals surface area contributed by atoms with Crippen molar-refractivity contribution in [1.82, 2.24) is 5.32 Å². The highest BCUT2D eigenvalue weighted by Gasteiger charge is 2.34. The standard InChI is InChI=1S/C12H15BrFNO2S/c1-15-12(8-4-5-18(16,17)7-8)10-3-2-9(14)6-11(10)13/h2-3,6,8,12,15H,4-5,7H2,1H3. The fourth-order valence-corrected chi connectivity index (χ4v) is 4.92. The molecule has 0 bridgehead atoms. The molecule has 1 N–H and O–H groups in total. The van der Waals surface area contributed by atoms with Crippen molar-refractivity contribution in [1.29, 1.82) is 0 Å². The Kier molecular flexibility index (Phi) is 4.08. The zero-order valence-electron chi connectivity index (χ0n) is 9.99. The van der Waals surface area contributed by atoms with Gasteiger partial charge in [0, 0.05) is 10.5 Å². The maximum absolute atomic E-state index is 13.1. The third-order valence-corrected chi connectivity index (χ3v) is 5.83. The molecule has 2 atom stereocenters. The van der Waals surface area contributed by atoms with Gasteiger partial charge in [0.15, 0.2) is 9.84 Å². The number of sulfone groups is 1. The fraction of sp³-hybridized carbons (Fsp3) is 0.500. The molecule has 18 heavy (non-hydrogen) atoms. The van der Waals surface area contributed by atoms with E-state index < -0.39 is 9.84 Å². The lowest BCUT2D eigenvalue weighted by molar-refractivity contribution is 0.417. The van der Waals surface area contributed by atoms with E-state index in [1.54, 1.807) is 13.1 Å². The van der Waals surface area contributed by atoms with Crippen LogP contribution < -0.4 is 5.32 Å². The molecule has 2 rings (SSSR count). The van der Waals surface area contributed by atoms with Gasteiger partial charge in [-0.1, -0.05) is 22.0 Å². The molecular formula is C12H15BrFNO2S. The van der Waals surface area contributed by atoms with Crippen molar-refractivity contribution in [3.05, 3.63) is 34.1 Å². The average Bonchev–Trinajstić information content (AvgIpc) is 2.63. The van der Waals surface area contributed by atoms with Gasteiger partial charge in [0.25, 0.3) is 0 Å². The van der Waals surface area contributed by atoms with E-state index in [0.29, 0.717) is 10.9 Å². The van der Waals surface area contributed by atoms with Gasteiger partial charge in [-0.2, -0.15) is 0 Å². The summed E-state index contributed by atoms with van der Waals surface area (Å²) in [6, 6.07) is 4.43. The Morgan fingerprint density at radius 1 is 1.50 bits per heavy atom. The Morgan fingerprint density at radius 3 is 2.72 bits per heavy atom. The van der Waals surface area contributed by atoms with E-state index in [-0.39, 0.29) is 29.3 Å². The molecule has 1 heterocycles. The first-order chi connectivity index (χ1) is 8.43. The molecule has 1 aromatic rings. The van der Waals surface area contributed by atoms with E-state index in [0.717, 1.165) is 5.56 Å². The van der Waals surface area contributed by atoms with Crippen LogP contribution in [0.15, 0.2) is 22.7 Å². The highest BCUT2D eigenvalue weighted by Crippen LogP contribution is 2.34. The van der Waals surface area contributed by atoms with E-state index >= 15 is 0 Å². The maximum Gasteiger partial charge on any atom is 0.150 e. The summed E-state index contributed by atoms with van der Waals surface area (Å²) in [5, 5.41) is 3.14. The first-order valence-electron chi connectivity index (χ1n) is 5.75. The van der Waals surface area contributed by atoms with Crippen LogP contribution in [0.25, 0.3) is 0 Å². The van der Waals surface area contributed by atoms with Crippen LogP contribution in [0, 0.1) is 11.7 Å². The number of hydrogen-bond acceptors (Lipinski definition) is 3. The van der Waals surface area contributed by atoms with Gasteiger partial charge in [-0.05, 0) is 37.1 Å². The molecule has 1 fully saturated rings. The molecule has 0 saturated carbocycles. The van der Waals surface area contributed by atoms with Gasteiger partial charge in [0.2, 0.25) is 0 Å². The molecule has 0 radical (unpaired) electrons. The molecule has 1 aliphatic rings. The molecule has 0 aliphatic carbocycles. The Morgan fingerprint density at radius 2 is 2.22 bits per heavy atom. The van der Waals surface area contributed by atoms with Crippen molar-refractivity contribution in [3.63, 3.8) is 0 Å². The van der Waals surface area contributed by atoms with Crippen LogP contribution in [-0.4, -0.2) is 27.0 Å². The van der Waals surface area contributed by atoms with Crippen LogP contribution in [0.3, 0.4) is 0 Å². The van der Waals surface area contributed by atoms with Crippen molar-refractivity contribution in [3.8, 4) is 0 Å². The first kappa shape index (κ1) is 14.0. The third kappa shape index (κ3) is 2.92. The predicted octanol–water partition coefficient (Wildman–Crippen LogP) is 2.28. The predicted molar refractivity (Wildman–Crippen MR) is 72.7 cm³/mol. The second kappa shape index (κ2) is 5.27. The highest BCUT2D eigenvalue weighted by atomic mass is 79.9. The minimum Gasteiger partial charge on any atom is -0.313 e. The Balaban J connectivity index is 2.29. The smallest absolute Gasteiger partial charge is 0.150 e. The topological polar surface area (TPSA) is 46.2 Å². The summed E-state index contributed by atoms with van der Waals surface area (Å²) in [7, 11) is -1.11. The van der Waals surface area contributed by atoms with Gasteiger partial charge < -0.3 is 5.32 Å². The van der Waals surface area contributed by atoms with E-state index in [2.05, 4.69) is 21.2 Å². The summed E-state index contributed by atoms with van der Waals surface area (Å²) in [6.45, 7) is 0. The number of nitrogens with one attached hydrogen (secondary N) is 1. The van der Waals surface area contributed by atoms with E-state index in [4.69, 9.17) is 0 Å². The van der Waals surface area contributed by atoms with Crippen molar-refractivity contribution in [2.75, 3.05) is 18.6 Å². The lowest BCUT2D eigenvalue weighted by Gasteiger charge is -2.23. The molecule has 0 spiro atoms. The lowest BCUT2D eigenvalue weighted by atomic mass is 9.92. The highest BCUT2D eigenvalue weighted by molar-refractivity contribution is 9.10. The Labute approximate surface area is 115 Å². The minimum absolute atomic E-state index is 0.0433. The molecule has 1 aliphatic heterocycles. The van der Waals surface area contributed by atoms with Crippen LogP contribution in [0.1, 0.15) is 18.0 Å². The van der Waals surface area contributed by atoms with Crippen LogP contribution in [0.2, 0.25) is 0 Å². The van der Waals surface area contributed by atoms with Crippen LogP contribution in [-0.2, 0) is 9.84 Å². The first-order valence-corrected chi connectivity index (χ1v) is 8.37. The third-order valence-electron chi connectivity index (χ3n) is 3.35. The molecule has 100 valence electrons. The van der Waals surface area contributed by atoms with Crippen LogP contribution in [0.4, 0.5) is 4.39 Å². The van der Waals surface area contributed by atoms with E-state index in [9.17, 15) is 12.8 Å². The SMILES string of the molecule is CNC(c1ccc(F)cc1Br)C1CCS(=O)(=O)C1. The molecule has 1 saturated heterocycles. The molecule has 6 heteroatoms. The fourth-order valence-electron chi connectivity index (χ4n) is 2.49. The van der Waals surface area contributed by atoms with E-state index in [1.165, 1.54) is 12.1 Å². The largest absolute Gasteiger partial charge is 0.313 e. The minimum atomic E-state index is -2.91. The van der Waals surface area contributed by atoms with Crippen molar-refractivity contribution in [2.45, 2.75) is 12.5 Å². The van der Waals surface area contributed by atoms with Crippen molar-refractivity contribution < 1.29 is 12.8 Å². The van der Waals surface area contributed by atoms with Gasteiger partial charge in [-0.25, -0.2) is 12.8 Å².